The van der Waals surface area contributed by atoms with Crippen molar-refractivity contribution in [3.05, 3.63) is 59.9 Å². The highest BCUT2D eigenvalue weighted by Gasteiger charge is 2.15. The number of nitrogens with one attached hydrogen (secondary N) is 1. The molecule has 0 aliphatic rings. The molecule has 0 aliphatic heterocycles. The van der Waals surface area contributed by atoms with E-state index in [0.717, 1.165) is 54.8 Å². The van der Waals surface area contributed by atoms with E-state index in [1.54, 1.807) is 0 Å². The Bertz CT molecular complexity index is 988. The third kappa shape index (κ3) is 6.12. The van der Waals surface area contributed by atoms with Crippen LogP contribution in [0, 0.1) is 5.92 Å². The van der Waals surface area contributed by atoms with E-state index in [9.17, 15) is 4.79 Å². The average Bonchev–Trinajstić information content (AvgIpc) is 3.15. The lowest BCUT2D eigenvalue weighted by molar-refractivity contribution is -0.125. The summed E-state index contributed by atoms with van der Waals surface area (Å²) in [5.74, 6) is 2.69. The number of rotatable bonds is 12. The molecular weight excluding hydrogens is 398 g/mol. The number of hydrogen-bond donors (Lipinski definition) is 1. The fourth-order valence-electron chi connectivity index (χ4n) is 4.03. The Morgan fingerprint density at radius 2 is 1.78 bits per heavy atom. The fraction of sp³-hybridized carbons (Fsp3) is 0.481. The standard InChI is InChI=1S/C27H37N3O2/c1-5-21(6-2)27(31)28-17-16-26-29-24-10-7-8-11-25(24)30(26)18-9-19-32-23-14-12-22(13-15-23)20(3)4/h7-8,10-15,20-21H,5-6,9,16-19H2,1-4H3,(H,28,31). The summed E-state index contributed by atoms with van der Waals surface area (Å²) in [6.07, 6.45) is 3.36. The quantitative estimate of drug-likeness (QED) is 0.370. The third-order valence-electron chi connectivity index (χ3n) is 6.08. The molecule has 0 spiro atoms. The minimum Gasteiger partial charge on any atom is -0.494 e. The van der Waals surface area contributed by atoms with E-state index in [1.807, 2.05) is 18.2 Å². The molecule has 0 aliphatic carbocycles. The highest BCUT2D eigenvalue weighted by molar-refractivity contribution is 5.78. The van der Waals surface area contributed by atoms with E-state index in [4.69, 9.17) is 9.72 Å². The Morgan fingerprint density at radius 3 is 2.47 bits per heavy atom. The molecule has 3 aromatic rings. The molecule has 0 unspecified atom stereocenters. The second kappa shape index (κ2) is 11.7. The summed E-state index contributed by atoms with van der Waals surface area (Å²) in [5.41, 5.74) is 3.46. The van der Waals surface area contributed by atoms with Crippen molar-refractivity contribution in [3.63, 3.8) is 0 Å². The van der Waals surface area contributed by atoms with E-state index in [0.29, 0.717) is 19.1 Å². The summed E-state index contributed by atoms with van der Waals surface area (Å²) >= 11 is 0. The normalized spacial score (nSPS) is 11.4. The lowest BCUT2D eigenvalue weighted by atomic mass is 10.0. The van der Waals surface area contributed by atoms with Gasteiger partial charge in [0, 0.05) is 25.4 Å². The predicted molar refractivity (Wildman–Crippen MR) is 131 cm³/mol. The molecule has 1 amide bonds. The van der Waals surface area contributed by atoms with Crippen molar-refractivity contribution in [1.29, 1.82) is 0 Å². The van der Waals surface area contributed by atoms with Gasteiger partial charge in [0.05, 0.1) is 17.6 Å². The van der Waals surface area contributed by atoms with Crippen LogP contribution in [-0.4, -0.2) is 28.6 Å². The first-order valence-electron chi connectivity index (χ1n) is 12.0. The molecule has 5 heteroatoms. The summed E-state index contributed by atoms with van der Waals surface area (Å²) in [4.78, 5) is 17.1. The van der Waals surface area contributed by atoms with Gasteiger partial charge in [-0.1, -0.05) is 52.0 Å². The molecule has 0 saturated carbocycles. The molecule has 1 aromatic heterocycles. The summed E-state index contributed by atoms with van der Waals surface area (Å²) in [5, 5.41) is 3.09. The van der Waals surface area contributed by atoms with Gasteiger partial charge in [0.15, 0.2) is 0 Å². The van der Waals surface area contributed by atoms with Crippen LogP contribution in [0.25, 0.3) is 11.0 Å². The Balaban J connectivity index is 1.58. The van der Waals surface area contributed by atoms with Crippen LogP contribution in [0.2, 0.25) is 0 Å². The first kappa shape index (κ1) is 23.8. The van der Waals surface area contributed by atoms with Crippen LogP contribution >= 0.6 is 0 Å². The van der Waals surface area contributed by atoms with Crippen molar-refractivity contribution < 1.29 is 9.53 Å². The monoisotopic (exact) mass is 435 g/mol. The van der Waals surface area contributed by atoms with Gasteiger partial charge in [-0.2, -0.15) is 0 Å². The van der Waals surface area contributed by atoms with Crippen LogP contribution in [-0.2, 0) is 17.8 Å². The van der Waals surface area contributed by atoms with Gasteiger partial charge in [-0.3, -0.25) is 4.79 Å². The van der Waals surface area contributed by atoms with Crippen LogP contribution in [0.3, 0.4) is 0 Å². The molecule has 2 aromatic carbocycles. The van der Waals surface area contributed by atoms with E-state index in [1.165, 1.54) is 5.56 Å². The molecular formula is C27H37N3O2. The van der Waals surface area contributed by atoms with Crippen LogP contribution < -0.4 is 10.1 Å². The van der Waals surface area contributed by atoms with Crippen LogP contribution in [0.15, 0.2) is 48.5 Å². The van der Waals surface area contributed by atoms with Crippen molar-refractivity contribution in [3.8, 4) is 5.75 Å². The van der Waals surface area contributed by atoms with Gasteiger partial charge in [0.1, 0.15) is 11.6 Å². The molecule has 0 radical (unpaired) electrons. The van der Waals surface area contributed by atoms with Gasteiger partial charge in [-0.25, -0.2) is 4.98 Å². The Kier molecular flexibility index (Phi) is 8.72. The van der Waals surface area contributed by atoms with Crippen molar-refractivity contribution in [1.82, 2.24) is 14.9 Å². The Morgan fingerprint density at radius 1 is 1.06 bits per heavy atom. The van der Waals surface area contributed by atoms with Gasteiger partial charge in [-0.05, 0) is 55.0 Å². The molecule has 172 valence electrons. The van der Waals surface area contributed by atoms with Crippen LogP contribution in [0.1, 0.15) is 64.3 Å². The zero-order valence-electron chi connectivity index (χ0n) is 19.9. The number of ether oxygens (including phenoxy) is 1. The zero-order valence-corrected chi connectivity index (χ0v) is 19.9. The summed E-state index contributed by atoms with van der Waals surface area (Å²) < 4.78 is 8.23. The smallest absolute Gasteiger partial charge is 0.223 e. The predicted octanol–water partition coefficient (Wildman–Crippen LogP) is 5.72. The van der Waals surface area contributed by atoms with Crippen LogP contribution in [0.4, 0.5) is 0 Å². The molecule has 3 rings (SSSR count). The first-order chi connectivity index (χ1) is 15.5. The average molecular weight is 436 g/mol. The molecule has 0 bridgehead atoms. The van der Waals surface area contributed by atoms with Gasteiger partial charge in [0.2, 0.25) is 5.91 Å². The summed E-state index contributed by atoms with van der Waals surface area (Å²) in [6.45, 7) is 10.6. The number of nitrogens with zero attached hydrogens (tertiary/aromatic N) is 2. The van der Waals surface area contributed by atoms with Crippen molar-refractivity contribution in [2.45, 2.75) is 65.8 Å². The number of para-hydroxylation sites is 2. The molecule has 0 fully saturated rings. The Labute approximate surface area is 192 Å². The highest BCUT2D eigenvalue weighted by atomic mass is 16.5. The summed E-state index contributed by atoms with van der Waals surface area (Å²) in [6, 6.07) is 16.6. The van der Waals surface area contributed by atoms with Gasteiger partial charge in [0.25, 0.3) is 0 Å². The maximum atomic E-state index is 12.3. The maximum absolute atomic E-state index is 12.3. The number of hydrogen-bond acceptors (Lipinski definition) is 3. The minimum atomic E-state index is 0.0977. The number of carbonyl (C=O) groups excluding carboxylic acids is 1. The zero-order chi connectivity index (χ0) is 22.9. The minimum absolute atomic E-state index is 0.0977. The van der Waals surface area contributed by atoms with E-state index in [-0.39, 0.29) is 11.8 Å². The third-order valence-corrected chi connectivity index (χ3v) is 6.08. The number of benzene rings is 2. The second-order valence-electron chi connectivity index (χ2n) is 8.65. The molecule has 32 heavy (non-hydrogen) atoms. The maximum Gasteiger partial charge on any atom is 0.223 e. The number of imidazole rings is 1. The van der Waals surface area contributed by atoms with Gasteiger partial charge >= 0.3 is 0 Å². The number of aryl methyl sites for hydroxylation is 1. The largest absolute Gasteiger partial charge is 0.494 e. The number of aromatic nitrogens is 2. The first-order valence-corrected chi connectivity index (χ1v) is 12.0. The van der Waals surface area contributed by atoms with E-state index < -0.39 is 0 Å². The fourth-order valence-corrected chi connectivity index (χ4v) is 4.03. The van der Waals surface area contributed by atoms with Crippen LogP contribution in [0.5, 0.6) is 5.75 Å². The lowest BCUT2D eigenvalue weighted by Gasteiger charge is -2.14. The molecule has 1 heterocycles. The van der Waals surface area contributed by atoms with Crippen molar-refractivity contribution >= 4 is 16.9 Å². The highest BCUT2D eigenvalue weighted by Crippen LogP contribution is 2.20. The Hall–Kier alpha value is -2.82. The molecule has 0 saturated heterocycles. The van der Waals surface area contributed by atoms with E-state index >= 15 is 0 Å². The van der Waals surface area contributed by atoms with E-state index in [2.05, 4.69) is 67.9 Å². The second-order valence-corrected chi connectivity index (χ2v) is 8.65. The molecule has 0 atom stereocenters. The summed E-state index contributed by atoms with van der Waals surface area (Å²) in [7, 11) is 0. The topological polar surface area (TPSA) is 56.2 Å². The molecule has 1 N–H and O–H groups in total. The van der Waals surface area contributed by atoms with Gasteiger partial charge < -0.3 is 14.6 Å². The number of amides is 1. The SMILES string of the molecule is CCC(CC)C(=O)NCCc1nc2ccccc2n1CCCOc1ccc(C(C)C)cc1. The van der Waals surface area contributed by atoms with Crippen molar-refractivity contribution in [2.24, 2.45) is 5.92 Å². The molecule has 5 nitrogen and oxygen atoms in total. The number of carbonyl (C=O) groups is 1. The van der Waals surface area contributed by atoms with Gasteiger partial charge in [-0.15, -0.1) is 0 Å². The lowest BCUT2D eigenvalue weighted by Crippen LogP contribution is -2.32. The number of fused-ring (bicyclic) bond motifs is 1. The van der Waals surface area contributed by atoms with Crippen molar-refractivity contribution in [2.75, 3.05) is 13.2 Å².